The minimum atomic E-state index is -1.28. The second-order valence-corrected chi connectivity index (χ2v) is 6.67. The maximum atomic E-state index is 12.7. The van der Waals surface area contributed by atoms with Crippen molar-refractivity contribution in [2.75, 3.05) is 10.6 Å². The van der Waals surface area contributed by atoms with Crippen molar-refractivity contribution >= 4 is 29.2 Å². The number of nitrogens with one attached hydrogen (secondary N) is 2. The van der Waals surface area contributed by atoms with Gasteiger partial charge in [0.15, 0.2) is 5.60 Å². The zero-order chi connectivity index (χ0) is 18.9. The lowest BCUT2D eigenvalue weighted by molar-refractivity contribution is -0.134. The molecule has 3 rings (SSSR count). The third-order valence-electron chi connectivity index (χ3n) is 4.27. The third kappa shape index (κ3) is 3.59. The summed E-state index contributed by atoms with van der Waals surface area (Å²) < 4.78 is 5.44. The number of esters is 1. The summed E-state index contributed by atoms with van der Waals surface area (Å²) in [5.74, 6) is -1.06. The Bertz CT molecular complexity index is 889. The molecule has 0 aromatic heterocycles. The van der Waals surface area contributed by atoms with Crippen LogP contribution in [0.15, 0.2) is 42.5 Å². The van der Waals surface area contributed by atoms with Crippen LogP contribution in [0.1, 0.15) is 35.3 Å². The maximum absolute atomic E-state index is 12.7. The fourth-order valence-corrected chi connectivity index (χ4v) is 2.96. The van der Waals surface area contributed by atoms with Gasteiger partial charge in [-0.25, -0.2) is 4.79 Å². The number of cyclic esters (lactones) is 1. The van der Waals surface area contributed by atoms with Crippen LogP contribution in [-0.4, -0.2) is 23.4 Å². The second kappa shape index (κ2) is 6.63. The van der Waals surface area contributed by atoms with Crippen molar-refractivity contribution in [3.8, 4) is 0 Å². The minimum absolute atomic E-state index is 0.169. The molecule has 0 saturated carbocycles. The first-order chi connectivity index (χ1) is 12.3. The number of carbonyl (C=O) groups is 3. The zero-order valence-electron chi connectivity index (χ0n) is 14.9. The molecule has 1 heterocycles. The van der Waals surface area contributed by atoms with Gasteiger partial charge in [0.05, 0.1) is 5.56 Å². The Labute approximate surface area is 151 Å². The molecule has 0 spiro atoms. The molecule has 0 fully saturated rings. The number of rotatable bonds is 3. The molecule has 0 saturated heterocycles. The SMILES string of the molecule is CC(=O)Nc1ccc(NC(=O)C2(C)Cc3cc(C)ccc3C(=O)O2)cc1. The summed E-state index contributed by atoms with van der Waals surface area (Å²) in [5.41, 5.74) is 2.23. The predicted octanol–water partition coefficient (Wildman–Crippen LogP) is 3.06. The molecule has 1 aliphatic rings. The van der Waals surface area contributed by atoms with Gasteiger partial charge in [-0.1, -0.05) is 17.7 Å². The van der Waals surface area contributed by atoms with Crippen molar-refractivity contribution in [3.63, 3.8) is 0 Å². The van der Waals surface area contributed by atoms with Crippen molar-refractivity contribution in [2.45, 2.75) is 32.8 Å². The Hall–Kier alpha value is -3.15. The zero-order valence-corrected chi connectivity index (χ0v) is 14.9. The lowest BCUT2D eigenvalue weighted by atomic mass is 9.88. The summed E-state index contributed by atoms with van der Waals surface area (Å²) in [6, 6.07) is 12.2. The molecule has 1 atom stereocenters. The Morgan fingerprint density at radius 1 is 1.04 bits per heavy atom. The molecule has 6 nitrogen and oxygen atoms in total. The number of anilines is 2. The predicted molar refractivity (Wildman–Crippen MR) is 98.1 cm³/mol. The lowest BCUT2D eigenvalue weighted by Gasteiger charge is -2.33. The smallest absolute Gasteiger partial charge is 0.339 e. The quantitative estimate of drug-likeness (QED) is 0.832. The van der Waals surface area contributed by atoms with Crippen molar-refractivity contribution in [1.82, 2.24) is 0 Å². The summed E-state index contributed by atoms with van der Waals surface area (Å²) in [5, 5.41) is 5.43. The molecule has 1 unspecified atom stereocenters. The maximum Gasteiger partial charge on any atom is 0.339 e. The number of hydrogen-bond acceptors (Lipinski definition) is 4. The molecule has 0 bridgehead atoms. The molecule has 6 heteroatoms. The average Bonchev–Trinajstić information content (AvgIpc) is 2.55. The molecule has 2 amide bonds. The summed E-state index contributed by atoms with van der Waals surface area (Å²) in [6.07, 6.45) is 0.311. The first kappa shape index (κ1) is 17.7. The van der Waals surface area contributed by atoms with E-state index in [9.17, 15) is 14.4 Å². The molecular formula is C20H20N2O4. The highest BCUT2D eigenvalue weighted by atomic mass is 16.6. The Balaban J connectivity index is 1.77. The number of fused-ring (bicyclic) bond motifs is 1. The molecule has 26 heavy (non-hydrogen) atoms. The number of aryl methyl sites for hydroxylation is 1. The van der Waals surface area contributed by atoms with Gasteiger partial charge >= 0.3 is 5.97 Å². The van der Waals surface area contributed by atoms with Gasteiger partial charge in [0, 0.05) is 24.7 Å². The molecule has 2 aromatic carbocycles. The van der Waals surface area contributed by atoms with E-state index in [1.54, 1.807) is 37.3 Å². The number of ether oxygens (including phenoxy) is 1. The monoisotopic (exact) mass is 352 g/mol. The Kier molecular flexibility index (Phi) is 4.50. The molecule has 134 valence electrons. The number of benzene rings is 2. The number of amides is 2. The first-order valence-corrected chi connectivity index (χ1v) is 8.29. The van der Waals surface area contributed by atoms with Crippen molar-refractivity contribution in [2.24, 2.45) is 0 Å². The van der Waals surface area contributed by atoms with Crippen molar-refractivity contribution in [1.29, 1.82) is 0 Å². The topological polar surface area (TPSA) is 84.5 Å². The van der Waals surface area contributed by atoms with Gasteiger partial charge in [-0.3, -0.25) is 9.59 Å². The number of carbonyl (C=O) groups excluding carboxylic acids is 3. The van der Waals surface area contributed by atoms with Gasteiger partial charge in [0.2, 0.25) is 5.91 Å². The van der Waals surface area contributed by atoms with E-state index in [4.69, 9.17) is 4.74 Å². The Morgan fingerprint density at radius 2 is 1.65 bits per heavy atom. The summed E-state index contributed by atoms with van der Waals surface area (Å²) >= 11 is 0. The van der Waals surface area contributed by atoms with Crippen LogP contribution in [0.5, 0.6) is 0 Å². The number of hydrogen-bond donors (Lipinski definition) is 2. The highest BCUT2D eigenvalue weighted by Gasteiger charge is 2.42. The van der Waals surface area contributed by atoms with Crippen LogP contribution >= 0.6 is 0 Å². The molecule has 2 aromatic rings. The van der Waals surface area contributed by atoms with Crippen molar-refractivity contribution < 1.29 is 19.1 Å². The summed E-state index contributed by atoms with van der Waals surface area (Å²) in [4.78, 5) is 36.1. The minimum Gasteiger partial charge on any atom is -0.445 e. The van der Waals surface area contributed by atoms with Crippen LogP contribution in [0.3, 0.4) is 0 Å². The van der Waals surface area contributed by atoms with E-state index >= 15 is 0 Å². The highest BCUT2D eigenvalue weighted by Crippen LogP contribution is 2.30. The van der Waals surface area contributed by atoms with Gasteiger partial charge in [-0.05, 0) is 49.7 Å². The first-order valence-electron chi connectivity index (χ1n) is 8.29. The summed E-state index contributed by atoms with van der Waals surface area (Å²) in [6.45, 7) is 4.97. The summed E-state index contributed by atoms with van der Waals surface area (Å²) in [7, 11) is 0. The van der Waals surface area contributed by atoms with Gasteiger partial charge in [0.25, 0.3) is 5.91 Å². The van der Waals surface area contributed by atoms with Crippen LogP contribution in [0.4, 0.5) is 11.4 Å². The molecule has 1 aliphatic heterocycles. The van der Waals surface area contributed by atoms with Gasteiger partial charge in [-0.2, -0.15) is 0 Å². The van der Waals surface area contributed by atoms with E-state index in [0.29, 0.717) is 23.4 Å². The van der Waals surface area contributed by atoms with E-state index in [1.165, 1.54) is 6.92 Å². The van der Waals surface area contributed by atoms with Crippen molar-refractivity contribution in [3.05, 3.63) is 59.2 Å². The van der Waals surface area contributed by atoms with Gasteiger partial charge < -0.3 is 15.4 Å². The van der Waals surface area contributed by atoms with E-state index in [-0.39, 0.29) is 5.91 Å². The molecule has 0 radical (unpaired) electrons. The van der Waals surface area contributed by atoms with Crippen LogP contribution in [0.25, 0.3) is 0 Å². The van der Waals surface area contributed by atoms with Crippen LogP contribution in [-0.2, 0) is 20.7 Å². The van der Waals surface area contributed by atoms with E-state index in [1.807, 2.05) is 19.1 Å². The largest absolute Gasteiger partial charge is 0.445 e. The fraction of sp³-hybridized carbons (Fsp3) is 0.250. The molecule has 0 aliphatic carbocycles. The van der Waals surface area contributed by atoms with Gasteiger partial charge in [0.1, 0.15) is 0 Å². The fourth-order valence-electron chi connectivity index (χ4n) is 2.96. The standard InChI is InChI=1S/C20H20N2O4/c1-12-4-9-17-14(10-12)11-20(3,26-18(17)24)19(25)22-16-7-5-15(6-8-16)21-13(2)23/h4-10H,11H2,1-3H3,(H,21,23)(H,22,25). The van der Waals surface area contributed by atoms with Crippen LogP contribution < -0.4 is 10.6 Å². The lowest BCUT2D eigenvalue weighted by Crippen LogP contribution is -2.48. The second-order valence-electron chi connectivity index (χ2n) is 6.67. The Morgan fingerprint density at radius 3 is 2.27 bits per heavy atom. The van der Waals surface area contributed by atoms with E-state index in [0.717, 1.165) is 11.1 Å². The normalized spacial score (nSPS) is 18.5. The highest BCUT2D eigenvalue weighted by molar-refractivity contribution is 6.02. The average molecular weight is 352 g/mol. The molecule has 2 N–H and O–H groups in total. The van der Waals surface area contributed by atoms with E-state index in [2.05, 4.69) is 10.6 Å². The van der Waals surface area contributed by atoms with Crippen LogP contribution in [0, 0.1) is 6.92 Å². The third-order valence-corrected chi connectivity index (χ3v) is 4.27. The van der Waals surface area contributed by atoms with Gasteiger partial charge in [-0.15, -0.1) is 0 Å². The van der Waals surface area contributed by atoms with E-state index < -0.39 is 17.5 Å². The van der Waals surface area contributed by atoms with Crippen LogP contribution in [0.2, 0.25) is 0 Å². The molecular weight excluding hydrogens is 332 g/mol.